The van der Waals surface area contributed by atoms with E-state index in [0.29, 0.717) is 30.8 Å². The van der Waals surface area contributed by atoms with Gasteiger partial charge >= 0.3 is 0 Å². The Kier molecular flexibility index (Phi) is 6.20. The number of nitrogens with one attached hydrogen (secondary N) is 1. The minimum Gasteiger partial charge on any atom is -0.348 e. The van der Waals surface area contributed by atoms with Gasteiger partial charge in [-0.05, 0) is 55.2 Å². The van der Waals surface area contributed by atoms with Crippen LogP contribution in [-0.4, -0.2) is 41.5 Å². The second-order valence-electron chi connectivity index (χ2n) is 7.71. The highest BCUT2D eigenvalue weighted by molar-refractivity contribution is 7.89. The average molecular weight is 439 g/mol. The predicted octanol–water partition coefficient (Wildman–Crippen LogP) is 3.29. The fraction of sp³-hybridized carbons (Fsp3) is 0.304. The Bertz CT molecular complexity index is 1170. The van der Waals surface area contributed by atoms with Gasteiger partial charge in [-0.1, -0.05) is 30.7 Å². The van der Waals surface area contributed by atoms with Crippen molar-refractivity contribution >= 4 is 15.9 Å². The topological polar surface area (TPSA) is 84.3 Å². The second kappa shape index (κ2) is 9.03. The first-order chi connectivity index (χ1) is 15.0. The van der Waals surface area contributed by atoms with Gasteiger partial charge < -0.3 is 5.32 Å². The maximum Gasteiger partial charge on any atom is 0.251 e. The molecule has 31 heavy (non-hydrogen) atoms. The Balaban J connectivity index is 1.53. The van der Waals surface area contributed by atoms with Crippen LogP contribution in [0.3, 0.4) is 0 Å². The standard InChI is InChI=1S/C23H26N4O3S/c1-18-10-11-19(16-22(18)31(29,30)26-13-5-2-6-14-26)23(28)24-17-20-8-3-4-9-21(20)27-15-7-12-25-27/h3-4,7-12,15-16H,2,5-6,13-14,17H2,1H3,(H,24,28). The lowest BCUT2D eigenvalue weighted by Crippen LogP contribution is -2.36. The summed E-state index contributed by atoms with van der Waals surface area (Å²) in [5, 5.41) is 7.16. The molecule has 1 fully saturated rings. The zero-order valence-electron chi connectivity index (χ0n) is 17.5. The number of amides is 1. The van der Waals surface area contributed by atoms with Gasteiger partial charge in [-0.3, -0.25) is 4.79 Å². The number of rotatable bonds is 6. The van der Waals surface area contributed by atoms with E-state index in [-0.39, 0.29) is 10.8 Å². The molecule has 8 heteroatoms. The Hall–Kier alpha value is -2.97. The largest absolute Gasteiger partial charge is 0.348 e. The summed E-state index contributed by atoms with van der Waals surface area (Å²) < 4.78 is 29.5. The number of sulfonamides is 1. The maximum absolute atomic E-state index is 13.1. The van der Waals surface area contributed by atoms with Crippen molar-refractivity contribution in [3.05, 3.63) is 77.6 Å². The molecular weight excluding hydrogens is 412 g/mol. The van der Waals surface area contributed by atoms with Crippen LogP contribution in [0.15, 0.2) is 65.8 Å². The van der Waals surface area contributed by atoms with Crippen molar-refractivity contribution in [2.45, 2.75) is 37.6 Å². The van der Waals surface area contributed by atoms with E-state index in [1.807, 2.05) is 36.5 Å². The number of aryl methyl sites for hydroxylation is 1. The third kappa shape index (κ3) is 4.55. The summed E-state index contributed by atoms with van der Waals surface area (Å²) >= 11 is 0. The van der Waals surface area contributed by atoms with Crippen molar-refractivity contribution in [2.24, 2.45) is 0 Å². The molecule has 0 unspecified atom stereocenters. The third-order valence-electron chi connectivity index (χ3n) is 5.57. The summed E-state index contributed by atoms with van der Waals surface area (Å²) in [5.41, 5.74) is 2.77. The SMILES string of the molecule is Cc1ccc(C(=O)NCc2ccccc2-n2cccn2)cc1S(=O)(=O)N1CCCCC1. The van der Waals surface area contributed by atoms with E-state index in [4.69, 9.17) is 0 Å². The molecular formula is C23H26N4O3S. The Labute approximate surface area is 182 Å². The Morgan fingerprint density at radius 3 is 2.58 bits per heavy atom. The highest BCUT2D eigenvalue weighted by Gasteiger charge is 2.28. The van der Waals surface area contributed by atoms with Crippen molar-refractivity contribution in [1.29, 1.82) is 0 Å². The molecule has 1 aliphatic rings. The van der Waals surface area contributed by atoms with E-state index in [1.165, 1.54) is 10.4 Å². The minimum absolute atomic E-state index is 0.207. The summed E-state index contributed by atoms with van der Waals surface area (Å²) in [5.74, 6) is -0.314. The van der Waals surface area contributed by atoms with Crippen LogP contribution in [0.2, 0.25) is 0 Å². The van der Waals surface area contributed by atoms with E-state index < -0.39 is 10.0 Å². The average Bonchev–Trinajstić information content (AvgIpc) is 3.33. The molecule has 1 N–H and O–H groups in total. The molecule has 1 amide bonds. The second-order valence-corrected chi connectivity index (χ2v) is 9.61. The molecule has 7 nitrogen and oxygen atoms in total. The number of hydrogen-bond donors (Lipinski definition) is 1. The first-order valence-corrected chi connectivity index (χ1v) is 11.9. The van der Waals surface area contributed by atoms with Gasteiger partial charge in [0.25, 0.3) is 5.91 Å². The Morgan fingerprint density at radius 2 is 1.84 bits per heavy atom. The fourth-order valence-corrected chi connectivity index (χ4v) is 5.60. The van der Waals surface area contributed by atoms with Gasteiger partial charge in [0.15, 0.2) is 0 Å². The van der Waals surface area contributed by atoms with Crippen LogP contribution in [0, 0.1) is 6.92 Å². The molecule has 0 bridgehead atoms. The zero-order valence-corrected chi connectivity index (χ0v) is 18.3. The maximum atomic E-state index is 13.1. The summed E-state index contributed by atoms with van der Waals surface area (Å²) in [6.07, 6.45) is 6.33. The third-order valence-corrected chi connectivity index (χ3v) is 7.61. The molecule has 1 aromatic heterocycles. The number of benzene rings is 2. The molecule has 1 saturated heterocycles. The zero-order chi connectivity index (χ0) is 21.8. The molecule has 0 atom stereocenters. The lowest BCUT2D eigenvalue weighted by molar-refractivity contribution is 0.0950. The van der Waals surface area contributed by atoms with Gasteiger partial charge in [0.2, 0.25) is 10.0 Å². The molecule has 0 spiro atoms. The summed E-state index contributed by atoms with van der Waals surface area (Å²) in [7, 11) is -3.61. The first-order valence-electron chi connectivity index (χ1n) is 10.4. The van der Waals surface area contributed by atoms with Crippen molar-refractivity contribution in [1.82, 2.24) is 19.4 Å². The van der Waals surface area contributed by atoms with Crippen LogP contribution >= 0.6 is 0 Å². The van der Waals surface area contributed by atoms with E-state index >= 15 is 0 Å². The van der Waals surface area contributed by atoms with Gasteiger partial charge in [0.05, 0.1) is 10.6 Å². The quantitative estimate of drug-likeness (QED) is 0.640. The van der Waals surface area contributed by atoms with Gasteiger partial charge in [-0.25, -0.2) is 13.1 Å². The van der Waals surface area contributed by atoms with E-state index in [9.17, 15) is 13.2 Å². The van der Waals surface area contributed by atoms with Crippen LogP contribution < -0.4 is 5.32 Å². The number of aromatic nitrogens is 2. The van der Waals surface area contributed by atoms with E-state index in [1.54, 1.807) is 29.9 Å². The number of piperidine rings is 1. The predicted molar refractivity (Wildman–Crippen MR) is 119 cm³/mol. The molecule has 3 aromatic rings. The molecule has 4 rings (SSSR count). The highest BCUT2D eigenvalue weighted by Crippen LogP contribution is 2.24. The molecule has 0 saturated carbocycles. The van der Waals surface area contributed by atoms with Crippen molar-refractivity contribution in [3.8, 4) is 5.69 Å². The van der Waals surface area contributed by atoms with Crippen LogP contribution in [0.1, 0.15) is 40.7 Å². The van der Waals surface area contributed by atoms with Crippen molar-refractivity contribution in [2.75, 3.05) is 13.1 Å². The smallest absolute Gasteiger partial charge is 0.251 e. The fourth-order valence-electron chi connectivity index (χ4n) is 3.84. The highest BCUT2D eigenvalue weighted by atomic mass is 32.2. The summed E-state index contributed by atoms with van der Waals surface area (Å²) in [4.78, 5) is 13.0. The summed E-state index contributed by atoms with van der Waals surface area (Å²) in [6, 6.07) is 14.4. The lowest BCUT2D eigenvalue weighted by Gasteiger charge is -2.26. The molecule has 0 radical (unpaired) electrons. The molecule has 2 heterocycles. The molecule has 1 aliphatic heterocycles. The number of nitrogens with zero attached hydrogens (tertiary/aromatic N) is 3. The van der Waals surface area contributed by atoms with Gasteiger partial charge in [-0.2, -0.15) is 9.40 Å². The van der Waals surface area contributed by atoms with Gasteiger partial charge in [-0.15, -0.1) is 0 Å². The normalized spacial score (nSPS) is 15.0. The number of hydrogen-bond acceptors (Lipinski definition) is 4. The number of para-hydroxylation sites is 1. The lowest BCUT2D eigenvalue weighted by atomic mass is 10.1. The molecule has 0 aliphatic carbocycles. The molecule has 162 valence electrons. The van der Waals surface area contributed by atoms with Crippen molar-refractivity contribution in [3.63, 3.8) is 0 Å². The molecule has 2 aromatic carbocycles. The van der Waals surface area contributed by atoms with Crippen LogP contribution in [-0.2, 0) is 16.6 Å². The number of carbonyl (C=O) groups excluding carboxylic acids is 1. The first kappa shape index (κ1) is 21.3. The minimum atomic E-state index is -3.61. The number of carbonyl (C=O) groups is 1. The van der Waals surface area contributed by atoms with Crippen LogP contribution in [0.5, 0.6) is 0 Å². The van der Waals surface area contributed by atoms with E-state index in [2.05, 4.69) is 10.4 Å². The Morgan fingerprint density at radius 1 is 1.06 bits per heavy atom. The van der Waals surface area contributed by atoms with Crippen LogP contribution in [0.4, 0.5) is 0 Å². The van der Waals surface area contributed by atoms with Gasteiger partial charge in [0.1, 0.15) is 0 Å². The monoisotopic (exact) mass is 438 g/mol. The summed E-state index contributed by atoms with van der Waals surface area (Å²) in [6.45, 7) is 3.13. The van der Waals surface area contributed by atoms with E-state index in [0.717, 1.165) is 30.5 Å². The van der Waals surface area contributed by atoms with Crippen LogP contribution in [0.25, 0.3) is 5.69 Å². The van der Waals surface area contributed by atoms with Crippen molar-refractivity contribution < 1.29 is 13.2 Å². The van der Waals surface area contributed by atoms with Gasteiger partial charge in [0, 0.05) is 37.6 Å².